The quantitative estimate of drug-likeness (QED) is 0.710. The molecule has 2 unspecified atom stereocenters. The highest BCUT2D eigenvalue weighted by atomic mass is 16.3. The van der Waals surface area contributed by atoms with Gasteiger partial charge in [0.2, 0.25) is 0 Å². The Morgan fingerprint density at radius 3 is 1.41 bits per heavy atom. The van der Waals surface area contributed by atoms with E-state index in [2.05, 4.69) is 0 Å². The Bertz CT molecular complexity index is 535. The molecule has 2 saturated carbocycles. The molecule has 2 N–H and O–H groups in total. The van der Waals surface area contributed by atoms with Gasteiger partial charge in [0.05, 0.1) is 12.1 Å². The summed E-state index contributed by atoms with van der Waals surface area (Å²) in [6, 6.07) is -0.00123. The number of piperazine rings is 1. The number of amides is 2. The zero-order chi connectivity index (χ0) is 20.4. The van der Waals surface area contributed by atoms with E-state index in [1.165, 1.54) is 38.5 Å². The summed E-state index contributed by atoms with van der Waals surface area (Å²) in [6.45, 7) is 1.01. The molecule has 0 aromatic rings. The number of rotatable bonds is 6. The van der Waals surface area contributed by atoms with Crippen LogP contribution in [0.25, 0.3) is 0 Å². The second kappa shape index (κ2) is 9.34. The Labute approximate surface area is 174 Å². The van der Waals surface area contributed by atoms with Crippen LogP contribution in [-0.2, 0) is 9.59 Å². The molecule has 2 bridgehead atoms. The zero-order valence-electron chi connectivity index (χ0n) is 17.7. The van der Waals surface area contributed by atoms with Gasteiger partial charge in [-0.2, -0.15) is 0 Å². The average Bonchev–Trinajstić information content (AvgIpc) is 3.35. The van der Waals surface area contributed by atoms with E-state index >= 15 is 0 Å². The maximum Gasteiger partial charge on any atom is 0.251 e. The highest BCUT2D eigenvalue weighted by molar-refractivity contribution is 5.84. The topological polar surface area (TPSA) is 81.1 Å². The number of hydrogen-bond donors (Lipinski definition) is 2. The van der Waals surface area contributed by atoms with Crippen LogP contribution in [0.15, 0.2) is 0 Å². The molecular weight excluding hydrogens is 368 g/mol. The molecule has 2 saturated heterocycles. The van der Waals surface area contributed by atoms with Gasteiger partial charge in [-0.15, -0.1) is 0 Å². The molecular formula is C23H38N2O4. The number of aliphatic hydroxyl groups is 2. The maximum atomic E-state index is 12.8. The summed E-state index contributed by atoms with van der Waals surface area (Å²) in [7, 11) is 0. The van der Waals surface area contributed by atoms with Gasteiger partial charge in [0.1, 0.15) is 12.2 Å². The van der Waals surface area contributed by atoms with E-state index in [4.69, 9.17) is 0 Å². The van der Waals surface area contributed by atoms with Crippen molar-refractivity contribution < 1.29 is 19.8 Å². The second-order valence-corrected chi connectivity index (χ2v) is 10.0. The Hall–Kier alpha value is -1.14. The number of fused-ring (bicyclic) bond motifs is 2. The fourth-order valence-electron chi connectivity index (χ4n) is 6.27. The summed E-state index contributed by atoms with van der Waals surface area (Å²) in [5.41, 5.74) is 0. The molecule has 4 aliphatic rings. The fraction of sp³-hybridized carbons (Fsp3) is 0.913. The molecule has 0 spiro atoms. The van der Waals surface area contributed by atoms with Crippen LogP contribution < -0.4 is 0 Å². The van der Waals surface area contributed by atoms with E-state index in [-0.39, 0.29) is 23.9 Å². The molecule has 0 radical (unpaired) electrons. The minimum absolute atomic E-state index is 0.000614. The molecule has 2 amide bonds. The van der Waals surface area contributed by atoms with Crippen molar-refractivity contribution in [3.8, 4) is 0 Å². The molecule has 2 aliphatic carbocycles. The lowest BCUT2D eigenvalue weighted by molar-refractivity contribution is -0.150. The first kappa shape index (κ1) is 21.1. The van der Waals surface area contributed by atoms with E-state index in [0.29, 0.717) is 37.8 Å². The molecule has 6 nitrogen and oxygen atoms in total. The van der Waals surface area contributed by atoms with Crippen molar-refractivity contribution in [2.24, 2.45) is 11.8 Å². The first-order valence-electron chi connectivity index (χ1n) is 12.0. The molecule has 4 rings (SSSR count). The summed E-state index contributed by atoms with van der Waals surface area (Å²) in [4.78, 5) is 29.2. The van der Waals surface area contributed by atoms with Gasteiger partial charge >= 0.3 is 0 Å². The van der Waals surface area contributed by atoms with Crippen molar-refractivity contribution in [2.75, 3.05) is 13.1 Å². The number of carbonyl (C=O) groups is 2. The smallest absolute Gasteiger partial charge is 0.251 e. The van der Waals surface area contributed by atoms with E-state index < -0.39 is 12.2 Å². The summed E-state index contributed by atoms with van der Waals surface area (Å²) in [5.74, 6) is 0.627. The highest BCUT2D eigenvalue weighted by Gasteiger charge is 2.49. The van der Waals surface area contributed by atoms with Gasteiger partial charge in [0.25, 0.3) is 11.8 Å². The van der Waals surface area contributed by atoms with Gasteiger partial charge in [-0.05, 0) is 31.1 Å². The van der Waals surface area contributed by atoms with Crippen LogP contribution in [0.2, 0.25) is 0 Å². The van der Waals surface area contributed by atoms with Crippen LogP contribution in [-0.4, -0.2) is 69.2 Å². The largest absolute Gasteiger partial charge is 0.383 e. The van der Waals surface area contributed by atoms with Crippen LogP contribution in [0.4, 0.5) is 0 Å². The molecule has 6 heteroatoms. The fourth-order valence-corrected chi connectivity index (χ4v) is 6.27. The van der Waals surface area contributed by atoms with Crippen LogP contribution in [0.5, 0.6) is 0 Å². The van der Waals surface area contributed by atoms with Crippen molar-refractivity contribution in [3.05, 3.63) is 0 Å². The third-order valence-electron chi connectivity index (χ3n) is 7.94. The number of aliphatic hydroxyl groups excluding tert-OH is 2. The number of nitrogens with zero attached hydrogens (tertiary/aromatic N) is 2. The predicted octanol–water partition coefficient (Wildman–Crippen LogP) is 2.46. The molecule has 2 heterocycles. The van der Waals surface area contributed by atoms with E-state index in [0.717, 1.165) is 32.1 Å². The number of hydrogen-bond acceptors (Lipinski definition) is 4. The Balaban J connectivity index is 1.26. The second-order valence-electron chi connectivity index (χ2n) is 10.0. The average molecular weight is 407 g/mol. The third-order valence-corrected chi connectivity index (χ3v) is 7.94. The van der Waals surface area contributed by atoms with E-state index in [9.17, 15) is 19.8 Å². The van der Waals surface area contributed by atoms with Crippen LogP contribution >= 0.6 is 0 Å². The SMILES string of the molecule is O=C(C(O)CC1CCCCC1)N1C[C@@H]2C[C@H]1CN2C(=O)C(O)CC1CCCCC1. The van der Waals surface area contributed by atoms with Gasteiger partial charge in [0.15, 0.2) is 0 Å². The number of likely N-dealkylation sites (tertiary alicyclic amines) is 2. The standard InChI is InChI=1S/C23H38N2O4/c26-20(11-16-7-3-1-4-8-16)22(28)24-14-19-13-18(24)15-25(19)23(29)21(27)12-17-9-5-2-6-10-17/h16-21,26-27H,1-15H2/t18-,19-,20?,21?/m0/s1. The normalized spacial score (nSPS) is 30.6. The lowest BCUT2D eigenvalue weighted by Crippen LogP contribution is -2.55. The van der Waals surface area contributed by atoms with Gasteiger partial charge in [0, 0.05) is 13.1 Å². The molecule has 164 valence electrons. The monoisotopic (exact) mass is 406 g/mol. The van der Waals surface area contributed by atoms with Crippen molar-refractivity contribution in [2.45, 2.75) is 108 Å². The summed E-state index contributed by atoms with van der Waals surface area (Å²) in [5, 5.41) is 21.0. The lowest BCUT2D eigenvalue weighted by atomic mass is 9.85. The van der Waals surface area contributed by atoms with Crippen molar-refractivity contribution in [1.82, 2.24) is 9.80 Å². The van der Waals surface area contributed by atoms with E-state index in [1.807, 2.05) is 0 Å². The first-order valence-corrected chi connectivity index (χ1v) is 12.0. The lowest BCUT2D eigenvalue weighted by Gasteiger charge is -2.37. The Kier molecular flexibility index (Phi) is 6.80. The highest BCUT2D eigenvalue weighted by Crippen LogP contribution is 2.34. The van der Waals surface area contributed by atoms with Crippen molar-refractivity contribution in [1.29, 1.82) is 0 Å². The maximum absolute atomic E-state index is 12.8. The van der Waals surface area contributed by atoms with Crippen molar-refractivity contribution >= 4 is 11.8 Å². The number of carbonyl (C=O) groups excluding carboxylic acids is 2. The van der Waals surface area contributed by atoms with Crippen LogP contribution in [0.1, 0.15) is 83.5 Å². The zero-order valence-corrected chi connectivity index (χ0v) is 17.7. The van der Waals surface area contributed by atoms with Crippen LogP contribution in [0, 0.1) is 11.8 Å². The molecule has 29 heavy (non-hydrogen) atoms. The molecule has 4 fully saturated rings. The molecule has 0 aromatic heterocycles. The Morgan fingerprint density at radius 2 is 1.07 bits per heavy atom. The third kappa shape index (κ3) is 4.79. The van der Waals surface area contributed by atoms with Gasteiger partial charge in [-0.1, -0.05) is 64.2 Å². The van der Waals surface area contributed by atoms with E-state index in [1.54, 1.807) is 9.80 Å². The van der Waals surface area contributed by atoms with Crippen molar-refractivity contribution in [3.63, 3.8) is 0 Å². The molecule has 4 atom stereocenters. The van der Waals surface area contributed by atoms with Gasteiger partial charge in [-0.25, -0.2) is 0 Å². The molecule has 2 aliphatic heterocycles. The minimum Gasteiger partial charge on any atom is -0.383 e. The Morgan fingerprint density at radius 1 is 0.690 bits per heavy atom. The minimum atomic E-state index is -0.904. The predicted molar refractivity (Wildman–Crippen MR) is 110 cm³/mol. The summed E-state index contributed by atoms with van der Waals surface area (Å²) >= 11 is 0. The summed E-state index contributed by atoms with van der Waals surface area (Å²) in [6.07, 6.45) is 12.0. The van der Waals surface area contributed by atoms with Crippen LogP contribution in [0.3, 0.4) is 0 Å². The summed E-state index contributed by atoms with van der Waals surface area (Å²) < 4.78 is 0. The molecule has 0 aromatic carbocycles. The van der Waals surface area contributed by atoms with Gasteiger partial charge in [-0.3, -0.25) is 9.59 Å². The first-order chi connectivity index (χ1) is 14.0. The van der Waals surface area contributed by atoms with Gasteiger partial charge < -0.3 is 20.0 Å².